The second-order valence-electron chi connectivity index (χ2n) is 6.82. The number of benzene rings is 2. The first-order valence-electron chi connectivity index (χ1n) is 8.46. The maximum Gasteiger partial charge on any atom is 0.00104 e. The van der Waals surface area contributed by atoms with E-state index in [0.29, 0.717) is 6.04 Å². The van der Waals surface area contributed by atoms with E-state index in [1.54, 1.807) is 5.56 Å². The van der Waals surface area contributed by atoms with E-state index >= 15 is 0 Å². The summed E-state index contributed by atoms with van der Waals surface area (Å²) in [7, 11) is 0. The zero-order valence-electron chi connectivity index (χ0n) is 13.3. The molecule has 1 aliphatic rings. The van der Waals surface area contributed by atoms with Gasteiger partial charge in [-0.2, -0.15) is 0 Å². The second kappa shape index (κ2) is 6.62. The molecule has 1 saturated carbocycles. The molecule has 0 heterocycles. The quantitative estimate of drug-likeness (QED) is 0.821. The molecule has 0 spiro atoms. The van der Waals surface area contributed by atoms with Gasteiger partial charge in [0.25, 0.3) is 0 Å². The van der Waals surface area contributed by atoms with Gasteiger partial charge in [-0.25, -0.2) is 0 Å². The maximum atomic E-state index is 3.65. The summed E-state index contributed by atoms with van der Waals surface area (Å²) in [6, 6.07) is 16.4. The summed E-state index contributed by atoms with van der Waals surface area (Å²) in [5.41, 5.74) is 1.55. The van der Waals surface area contributed by atoms with Crippen LogP contribution in [0.1, 0.15) is 51.0 Å². The summed E-state index contributed by atoms with van der Waals surface area (Å²) >= 11 is 0. The lowest BCUT2D eigenvalue weighted by molar-refractivity contribution is 0.289. The molecule has 112 valence electrons. The van der Waals surface area contributed by atoms with Crippen LogP contribution in [-0.2, 0) is 0 Å². The molecule has 0 aromatic heterocycles. The van der Waals surface area contributed by atoms with Crippen molar-refractivity contribution in [2.24, 2.45) is 5.92 Å². The molecule has 0 saturated heterocycles. The Balaban J connectivity index is 1.83. The third-order valence-corrected chi connectivity index (χ3v) is 4.90. The molecule has 0 amide bonds. The maximum absolute atomic E-state index is 3.65. The molecule has 0 bridgehead atoms. The standard InChI is InChI=1S/C20H27N/c1-15(2)21-14-19-9-5-6-10-20(19)18-12-11-16-7-3-4-8-17(16)13-18/h3-4,7-8,11-13,15,19-21H,5-6,9-10,14H2,1-2H3. The lowest BCUT2D eigenvalue weighted by atomic mass is 9.75. The van der Waals surface area contributed by atoms with Gasteiger partial charge in [-0.3, -0.25) is 0 Å². The van der Waals surface area contributed by atoms with Gasteiger partial charge in [0.2, 0.25) is 0 Å². The van der Waals surface area contributed by atoms with Crippen molar-refractivity contribution in [3.63, 3.8) is 0 Å². The molecule has 3 rings (SSSR count). The van der Waals surface area contributed by atoms with Gasteiger partial charge in [0.1, 0.15) is 0 Å². The number of hydrogen-bond acceptors (Lipinski definition) is 1. The highest BCUT2D eigenvalue weighted by Crippen LogP contribution is 2.38. The van der Waals surface area contributed by atoms with Crippen LogP contribution in [0.5, 0.6) is 0 Å². The fourth-order valence-corrected chi connectivity index (χ4v) is 3.72. The van der Waals surface area contributed by atoms with Crippen molar-refractivity contribution in [2.45, 2.75) is 51.5 Å². The lowest BCUT2D eigenvalue weighted by Crippen LogP contribution is -2.33. The normalized spacial score (nSPS) is 22.8. The third kappa shape index (κ3) is 3.47. The monoisotopic (exact) mass is 281 g/mol. The molecule has 1 heteroatoms. The number of rotatable bonds is 4. The number of hydrogen-bond donors (Lipinski definition) is 1. The molecular weight excluding hydrogens is 254 g/mol. The minimum absolute atomic E-state index is 0.587. The summed E-state index contributed by atoms with van der Waals surface area (Å²) in [6.07, 6.45) is 5.50. The van der Waals surface area contributed by atoms with E-state index in [4.69, 9.17) is 0 Å². The van der Waals surface area contributed by atoms with Crippen molar-refractivity contribution in [3.8, 4) is 0 Å². The van der Waals surface area contributed by atoms with Crippen LogP contribution in [0, 0.1) is 5.92 Å². The van der Waals surface area contributed by atoms with E-state index in [2.05, 4.69) is 61.6 Å². The van der Waals surface area contributed by atoms with Gasteiger partial charge in [0, 0.05) is 6.04 Å². The molecule has 2 unspecified atom stereocenters. The van der Waals surface area contributed by atoms with E-state index in [1.165, 1.54) is 36.5 Å². The molecule has 1 N–H and O–H groups in total. The Hall–Kier alpha value is -1.34. The molecular formula is C20H27N. The van der Waals surface area contributed by atoms with Crippen LogP contribution in [0.2, 0.25) is 0 Å². The van der Waals surface area contributed by atoms with E-state index < -0.39 is 0 Å². The Kier molecular flexibility index (Phi) is 4.60. The first kappa shape index (κ1) is 14.6. The average Bonchev–Trinajstić information content (AvgIpc) is 2.52. The van der Waals surface area contributed by atoms with Gasteiger partial charge in [-0.15, -0.1) is 0 Å². The largest absolute Gasteiger partial charge is 0.314 e. The fourth-order valence-electron chi connectivity index (χ4n) is 3.72. The van der Waals surface area contributed by atoms with Crippen LogP contribution in [0.15, 0.2) is 42.5 Å². The molecule has 0 aliphatic heterocycles. The Morgan fingerprint density at radius 2 is 1.76 bits per heavy atom. The third-order valence-electron chi connectivity index (χ3n) is 4.90. The summed E-state index contributed by atoms with van der Waals surface area (Å²) < 4.78 is 0. The predicted molar refractivity (Wildman–Crippen MR) is 91.8 cm³/mol. The summed E-state index contributed by atoms with van der Waals surface area (Å²) in [4.78, 5) is 0. The lowest BCUT2D eigenvalue weighted by Gasteiger charge is -2.33. The summed E-state index contributed by atoms with van der Waals surface area (Å²) in [6.45, 7) is 5.65. The molecule has 21 heavy (non-hydrogen) atoms. The average molecular weight is 281 g/mol. The molecule has 2 atom stereocenters. The van der Waals surface area contributed by atoms with Crippen LogP contribution in [0.4, 0.5) is 0 Å². The molecule has 1 nitrogen and oxygen atoms in total. The van der Waals surface area contributed by atoms with Crippen molar-refractivity contribution in [1.29, 1.82) is 0 Å². The van der Waals surface area contributed by atoms with Crippen molar-refractivity contribution in [3.05, 3.63) is 48.0 Å². The van der Waals surface area contributed by atoms with Crippen LogP contribution in [-0.4, -0.2) is 12.6 Å². The Bertz CT molecular complexity index is 587. The molecule has 2 aromatic carbocycles. The van der Waals surface area contributed by atoms with E-state index in [-0.39, 0.29) is 0 Å². The molecule has 2 aromatic rings. The summed E-state index contributed by atoms with van der Waals surface area (Å²) in [5.74, 6) is 1.52. The zero-order chi connectivity index (χ0) is 14.7. The van der Waals surface area contributed by atoms with E-state index in [0.717, 1.165) is 18.4 Å². The van der Waals surface area contributed by atoms with Crippen molar-refractivity contribution in [2.75, 3.05) is 6.54 Å². The topological polar surface area (TPSA) is 12.0 Å². The minimum Gasteiger partial charge on any atom is -0.314 e. The van der Waals surface area contributed by atoms with Gasteiger partial charge >= 0.3 is 0 Å². The van der Waals surface area contributed by atoms with Gasteiger partial charge in [-0.05, 0) is 47.6 Å². The predicted octanol–water partition coefficient (Wildman–Crippen LogP) is 5.11. The molecule has 0 radical (unpaired) electrons. The highest BCUT2D eigenvalue weighted by molar-refractivity contribution is 5.83. The van der Waals surface area contributed by atoms with Gasteiger partial charge < -0.3 is 5.32 Å². The Morgan fingerprint density at radius 1 is 1.00 bits per heavy atom. The van der Waals surface area contributed by atoms with Crippen molar-refractivity contribution in [1.82, 2.24) is 5.32 Å². The van der Waals surface area contributed by atoms with E-state index in [1.807, 2.05) is 0 Å². The van der Waals surface area contributed by atoms with Gasteiger partial charge in [-0.1, -0.05) is 69.2 Å². The second-order valence-corrected chi connectivity index (χ2v) is 6.82. The minimum atomic E-state index is 0.587. The Morgan fingerprint density at radius 3 is 2.57 bits per heavy atom. The Labute approximate surface area is 128 Å². The molecule has 1 fully saturated rings. The zero-order valence-corrected chi connectivity index (χ0v) is 13.3. The van der Waals surface area contributed by atoms with Crippen LogP contribution in [0.25, 0.3) is 10.8 Å². The molecule has 1 aliphatic carbocycles. The van der Waals surface area contributed by atoms with Crippen LogP contribution < -0.4 is 5.32 Å². The number of fused-ring (bicyclic) bond motifs is 1. The summed E-state index contributed by atoms with van der Waals surface area (Å²) in [5, 5.41) is 6.39. The SMILES string of the molecule is CC(C)NCC1CCCCC1c1ccc2ccccc2c1. The highest BCUT2D eigenvalue weighted by atomic mass is 14.9. The first-order chi connectivity index (χ1) is 10.2. The van der Waals surface area contributed by atoms with Crippen LogP contribution in [0.3, 0.4) is 0 Å². The number of nitrogens with one attached hydrogen (secondary N) is 1. The van der Waals surface area contributed by atoms with Gasteiger partial charge in [0.05, 0.1) is 0 Å². The van der Waals surface area contributed by atoms with Gasteiger partial charge in [0.15, 0.2) is 0 Å². The highest BCUT2D eigenvalue weighted by Gasteiger charge is 2.26. The van der Waals surface area contributed by atoms with Crippen LogP contribution >= 0.6 is 0 Å². The smallest absolute Gasteiger partial charge is 0.00104 e. The van der Waals surface area contributed by atoms with Crippen molar-refractivity contribution < 1.29 is 0 Å². The van der Waals surface area contributed by atoms with E-state index in [9.17, 15) is 0 Å². The van der Waals surface area contributed by atoms with Crippen molar-refractivity contribution >= 4 is 10.8 Å². The first-order valence-corrected chi connectivity index (χ1v) is 8.46. The fraction of sp³-hybridized carbons (Fsp3) is 0.500.